The lowest BCUT2D eigenvalue weighted by atomic mass is 9.73. The number of Topliss-reactive ketones (excluding diaryl/α,β-unsaturated/α-hetero) is 1. The van der Waals surface area contributed by atoms with Crippen LogP contribution in [0.1, 0.15) is 56.7 Å². The smallest absolute Gasteiger partial charge is 0.335 e. The molecule has 1 aliphatic carbocycles. The number of nitrogens with one attached hydrogen (secondary N) is 1. The lowest BCUT2D eigenvalue weighted by Crippen LogP contribution is -2.30. The number of aromatic carboxylic acids is 1. The van der Waals surface area contributed by atoms with Gasteiger partial charge >= 0.3 is 5.97 Å². The van der Waals surface area contributed by atoms with Crippen molar-refractivity contribution in [2.24, 2.45) is 0 Å². The van der Waals surface area contributed by atoms with Crippen LogP contribution in [0, 0.1) is 6.92 Å². The predicted molar refractivity (Wildman–Crippen MR) is 135 cm³/mol. The van der Waals surface area contributed by atoms with E-state index in [0.717, 1.165) is 46.0 Å². The summed E-state index contributed by atoms with van der Waals surface area (Å²) in [6.07, 6.45) is 1.20. The normalized spacial score (nSPS) is 19.2. The minimum absolute atomic E-state index is 0.127. The Morgan fingerprint density at radius 2 is 1.83 bits per heavy atom. The first-order valence-electron chi connectivity index (χ1n) is 11.6. The van der Waals surface area contributed by atoms with Crippen molar-refractivity contribution >= 4 is 28.9 Å². The molecule has 3 heterocycles. The highest BCUT2D eigenvalue weighted by Gasteiger charge is 2.41. The highest BCUT2D eigenvalue weighted by atomic mass is 32.1. The number of allylic oxidation sites excluding steroid dienone is 2. The van der Waals surface area contributed by atoms with Gasteiger partial charge in [0.15, 0.2) is 5.78 Å². The number of thiophene rings is 1. The molecule has 0 bridgehead atoms. The molecule has 6 rings (SSSR count). The molecular formula is C28H23N3O3S. The topological polar surface area (TPSA) is 84.2 Å². The van der Waals surface area contributed by atoms with Crippen molar-refractivity contribution in [2.75, 3.05) is 5.32 Å². The molecule has 2 atom stereocenters. The minimum Gasteiger partial charge on any atom is -0.478 e. The van der Waals surface area contributed by atoms with Crippen LogP contribution in [0.4, 0.5) is 5.82 Å². The predicted octanol–water partition coefficient (Wildman–Crippen LogP) is 5.90. The van der Waals surface area contributed by atoms with E-state index >= 15 is 0 Å². The number of aromatic nitrogens is 2. The highest BCUT2D eigenvalue weighted by molar-refractivity contribution is 7.10. The van der Waals surface area contributed by atoms with Crippen molar-refractivity contribution in [3.8, 4) is 5.69 Å². The van der Waals surface area contributed by atoms with Gasteiger partial charge < -0.3 is 10.4 Å². The number of rotatable bonds is 4. The lowest BCUT2D eigenvalue weighted by Gasteiger charge is -2.35. The van der Waals surface area contributed by atoms with Crippen LogP contribution in [0.15, 0.2) is 83.4 Å². The zero-order valence-electron chi connectivity index (χ0n) is 19.1. The fourth-order valence-corrected chi connectivity index (χ4v) is 6.14. The number of ketones is 1. The number of fused-ring (bicyclic) bond motifs is 1. The van der Waals surface area contributed by atoms with Gasteiger partial charge in [0.1, 0.15) is 5.82 Å². The van der Waals surface area contributed by atoms with Crippen LogP contribution in [-0.2, 0) is 4.79 Å². The second-order valence-corrected chi connectivity index (χ2v) is 10.00. The molecule has 2 aromatic carbocycles. The average molecular weight is 482 g/mol. The van der Waals surface area contributed by atoms with Crippen LogP contribution < -0.4 is 5.32 Å². The van der Waals surface area contributed by atoms with E-state index in [1.807, 2.05) is 60.1 Å². The Kier molecular flexibility index (Phi) is 5.15. The number of nitrogens with zero attached hydrogens (tertiary/aromatic N) is 2. The lowest BCUT2D eigenvalue weighted by molar-refractivity contribution is -0.116. The maximum Gasteiger partial charge on any atom is 0.335 e. The first kappa shape index (κ1) is 21.6. The summed E-state index contributed by atoms with van der Waals surface area (Å²) in [4.78, 5) is 26.3. The molecule has 35 heavy (non-hydrogen) atoms. The molecule has 0 saturated heterocycles. The van der Waals surface area contributed by atoms with E-state index in [2.05, 4.69) is 16.8 Å². The van der Waals surface area contributed by atoms with Gasteiger partial charge in [-0.25, -0.2) is 9.48 Å². The maximum absolute atomic E-state index is 13.7. The Balaban J connectivity index is 1.53. The number of hydrogen-bond acceptors (Lipinski definition) is 5. The van der Waals surface area contributed by atoms with Crippen molar-refractivity contribution < 1.29 is 14.7 Å². The van der Waals surface area contributed by atoms with E-state index in [4.69, 9.17) is 5.10 Å². The Morgan fingerprint density at radius 1 is 1.06 bits per heavy atom. The number of benzene rings is 2. The molecular weight excluding hydrogens is 458 g/mol. The van der Waals surface area contributed by atoms with Gasteiger partial charge in [-0.1, -0.05) is 36.4 Å². The summed E-state index contributed by atoms with van der Waals surface area (Å²) < 4.78 is 1.91. The van der Waals surface area contributed by atoms with E-state index in [9.17, 15) is 14.7 Å². The maximum atomic E-state index is 13.7. The second-order valence-electron chi connectivity index (χ2n) is 9.02. The molecule has 2 unspecified atom stereocenters. The molecule has 2 N–H and O–H groups in total. The van der Waals surface area contributed by atoms with Crippen molar-refractivity contribution in [3.63, 3.8) is 0 Å². The van der Waals surface area contributed by atoms with Gasteiger partial charge in [0.05, 0.1) is 16.9 Å². The van der Waals surface area contributed by atoms with Crippen LogP contribution in [0.25, 0.3) is 5.69 Å². The van der Waals surface area contributed by atoms with Crippen molar-refractivity contribution in [1.29, 1.82) is 0 Å². The number of carbonyl (C=O) groups excluding carboxylic acids is 1. The van der Waals surface area contributed by atoms with Gasteiger partial charge in [0.2, 0.25) is 0 Å². The monoisotopic (exact) mass is 481 g/mol. The summed E-state index contributed by atoms with van der Waals surface area (Å²) in [5.74, 6) is -0.151. The van der Waals surface area contributed by atoms with E-state index in [1.54, 1.807) is 23.5 Å². The Hall–Kier alpha value is -3.97. The van der Waals surface area contributed by atoms with Gasteiger partial charge in [-0.15, -0.1) is 11.3 Å². The molecule has 0 saturated carbocycles. The van der Waals surface area contributed by atoms with E-state index in [1.165, 1.54) is 4.88 Å². The van der Waals surface area contributed by atoms with Crippen LogP contribution in [-0.4, -0.2) is 26.6 Å². The Labute approximate surface area is 206 Å². The van der Waals surface area contributed by atoms with Crippen LogP contribution in [0.2, 0.25) is 0 Å². The van der Waals surface area contributed by atoms with E-state index < -0.39 is 5.97 Å². The Morgan fingerprint density at radius 3 is 2.51 bits per heavy atom. The summed E-state index contributed by atoms with van der Waals surface area (Å²) in [6, 6.07) is 20.9. The average Bonchev–Trinajstić information content (AvgIpc) is 3.52. The summed E-state index contributed by atoms with van der Waals surface area (Å²) in [5, 5.41) is 19.9. The highest BCUT2D eigenvalue weighted by Crippen LogP contribution is 2.49. The largest absolute Gasteiger partial charge is 0.478 e. The molecule has 2 aromatic heterocycles. The number of carboxylic acids is 1. The molecule has 2 aliphatic rings. The fourth-order valence-electron chi connectivity index (χ4n) is 5.31. The molecule has 6 nitrogen and oxygen atoms in total. The number of anilines is 1. The summed E-state index contributed by atoms with van der Waals surface area (Å²) in [5.41, 5.74) is 5.54. The molecule has 0 spiro atoms. The zero-order chi connectivity index (χ0) is 24.1. The third-order valence-corrected chi connectivity index (χ3v) is 7.93. The quantitative estimate of drug-likeness (QED) is 0.379. The summed E-state index contributed by atoms with van der Waals surface area (Å²) >= 11 is 1.69. The number of para-hydroxylation sites is 1. The van der Waals surface area contributed by atoms with Gasteiger partial charge in [-0.05, 0) is 54.6 Å². The first-order chi connectivity index (χ1) is 17.0. The number of carbonyl (C=O) groups is 2. The molecule has 0 fully saturated rings. The SMILES string of the molecule is Cc1nn(-c2ccccc2)c2c1C(c1ccc(C(=O)O)cc1)C1=C(CC(c3cccs3)CC1=O)N2. The second kappa shape index (κ2) is 8.36. The van der Waals surface area contributed by atoms with Gasteiger partial charge in [0, 0.05) is 40.0 Å². The zero-order valence-corrected chi connectivity index (χ0v) is 19.9. The number of hydrogen-bond donors (Lipinski definition) is 2. The molecule has 0 radical (unpaired) electrons. The molecule has 7 heteroatoms. The summed E-state index contributed by atoms with van der Waals surface area (Å²) in [7, 11) is 0. The number of aryl methyl sites for hydroxylation is 1. The standard InChI is InChI=1S/C28H23N3O3S/c1-16-24-25(17-9-11-18(12-10-17)28(33)34)26-21(14-19(15-22(26)32)23-8-5-13-35-23)29-27(24)31(30-16)20-6-3-2-4-7-20/h2-13,19,25,29H,14-15H2,1H3,(H,33,34). The third kappa shape index (κ3) is 3.59. The van der Waals surface area contributed by atoms with Crippen LogP contribution in [0.5, 0.6) is 0 Å². The molecule has 1 aliphatic heterocycles. The van der Waals surface area contributed by atoms with Crippen molar-refractivity contribution in [2.45, 2.75) is 31.6 Å². The molecule has 0 amide bonds. The van der Waals surface area contributed by atoms with E-state index in [-0.39, 0.29) is 23.2 Å². The van der Waals surface area contributed by atoms with Gasteiger partial charge in [-0.3, -0.25) is 4.79 Å². The fraction of sp³-hybridized carbons (Fsp3) is 0.179. The van der Waals surface area contributed by atoms with Gasteiger partial charge in [0.25, 0.3) is 0 Å². The molecule has 174 valence electrons. The van der Waals surface area contributed by atoms with Crippen LogP contribution in [0.3, 0.4) is 0 Å². The Bertz CT molecular complexity index is 1470. The van der Waals surface area contributed by atoms with Crippen molar-refractivity contribution in [3.05, 3.63) is 111 Å². The van der Waals surface area contributed by atoms with Crippen LogP contribution >= 0.6 is 11.3 Å². The van der Waals surface area contributed by atoms with E-state index in [0.29, 0.717) is 6.42 Å². The molecule has 4 aromatic rings. The van der Waals surface area contributed by atoms with Crippen molar-refractivity contribution in [1.82, 2.24) is 9.78 Å². The van der Waals surface area contributed by atoms with Gasteiger partial charge in [-0.2, -0.15) is 5.10 Å². The first-order valence-corrected chi connectivity index (χ1v) is 12.4. The summed E-state index contributed by atoms with van der Waals surface area (Å²) in [6.45, 7) is 1.96. The minimum atomic E-state index is -0.969. The third-order valence-electron chi connectivity index (χ3n) is 6.90. The number of carboxylic acid groups (broad SMARTS) is 1.